The monoisotopic (exact) mass is 470 g/mol. The Hall–Kier alpha value is -2.45. The van der Waals surface area contributed by atoms with Crippen LogP contribution in [0.3, 0.4) is 0 Å². The number of fused-ring (bicyclic) bond motifs is 1. The minimum absolute atomic E-state index is 0.0331. The van der Waals surface area contributed by atoms with Crippen LogP contribution in [0.4, 0.5) is 10.3 Å². The number of piperidine rings is 1. The zero-order valence-electron chi connectivity index (χ0n) is 18.8. The van der Waals surface area contributed by atoms with Gasteiger partial charge in [-0.15, -0.1) is 0 Å². The van der Waals surface area contributed by atoms with Gasteiger partial charge in [0.25, 0.3) is 0 Å². The molecule has 0 amide bonds. The average Bonchev–Trinajstić information content (AvgIpc) is 3.18. The molecule has 1 aliphatic heterocycles. The zero-order valence-corrected chi connectivity index (χ0v) is 19.6. The van der Waals surface area contributed by atoms with Gasteiger partial charge in [0.05, 0.1) is 22.8 Å². The first kappa shape index (κ1) is 22.3. The Morgan fingerprint density at radius 1 is 0.970 bits per heavy atom. The van der Waals surface area contributed by atoms with Gasteiger partial charge in [-0.2, -0.15) is 0 Å². The second-order valence-electron chi connectivity index (χ2n) is 9.30. The molecule has 0 bridgehead atoms. The van der Waals surface area contributed by atoms with Crippen LogP contribution in [0.5, 0.6) is 0 Å². The minimum atomic E-state index is -3.26. The minimum Gasteiger partial charge on any atom is -0.342 e. The third-order valence-electron chi connectivity index (χ3n) is 6.96. The van der Waals surface area contributed by atoms with Crippen LogP contribution < -0.4 is 9.62 Å². The normalized spacial score (nSPS) is 18.8. The summed E-state index contributed by atoms with van der Waals surface area (Å²) in [4.78, 5) is 7.11. The van der Waals surface area contributed by atoms with Crippen molar-refractivity contribution >= 4 is 27.0 Å². The van der Waals surface area contributed by atoms with Gasteiger partial charge in [-0.25, -0.2) is 22.5 Å². The van der Waals surface area contributed by atoms with Gasteiger partial charge in [0, 0.05) is 19.1 Å². The van der Waals surface area contributed by atoms with Gasteiger partial charge in [-0.3, -0.25) is 0 Å². The molecule has 1 saturated carbocycles. The lowest BCUT2D eigenvalue weighted by Crippen LogP contribution is -2.48. The lowest BCUT2D eigenvalue weighted by Gasteiger charge is -2.34. The fraction of sp³-hybridized carbons (Fsp3) is 0.480. The smallest absolute Gasteiger partial charge is 0.214 e. The van der Waals surface area contributed by atoms with E-state index in [9.17, 15) is 12.8 Å². The summed E-state index contributed by atoms with van der Waals surface area (Å²) in [6.07, 6.45) is 6.19. The van der Waals surface area contributed by atoms with Crippen molar-refractivity contribution in [3.05, 3.63) is 59.9 Å². The number of para-hydroxylation sites is 2. The van der Waals surface area contributed by atoms with Crippen LogP contribution in [0.15, 0.2) is 48.5 Å². The predicted octanol–water partition coefficient (Wildman–Crippen LogP) is 4.44. The number of nitrogens with zero attached hydrogens (tertiary/aromatic N) is 3. The first-order chi connectivity index (χ1) is 16.0. The highest BCUT2D eigenvalue weighted by Crippen LogP contribution is 2.28. The van der Waals surface area contributed by atoms with Crippen LogP contribution in [0.1, 0.15) is 50.5 Å². The van der Waals surface area contributed by atoms with Crippen molar-refractivity contribution in [2.75, 3.05) is 18.0 Å². The van der Waals surface area contributed by atoms with E-state index in [0.717, 1.165) is 80.6 Å². The molecule has 1 aliphatic carbocycles. The van der Waals surface area contributed by atoms with E-state index in [1.165, 1.54) is 6.07 Å². The standard InChI is InChI=1S/C25H31FN4O2S/c26-20-8-6-7-19(17-20)18-30-24-12-5-4-11-23(24)27-25(30)29-15-13-21(14-16-29)28-33(31,32)22-9-2-1-3-10-22/h4-8,11-12,17,21-22,28H,1-3,9-10,13-16,18H2. The molecule has 33 heavy (non-hydrogen) atoms. The van der Waals surface area contributed by atoms with E-state index in [1.54, 1.807) is 12.1 Å². The quantitative estimate of drug-likeness (QED) is 0.578. The summed E-state index contributed by atoms with van der Waals surface area (Å²) in [5.74, 6) is 0.610. The zero-order chi connectivity index (χ0) is 22.8. The van der Waals surface area contributed by atoms with E-state index >= 15 is 0 Å². The molecule has 2 heterocycles. The van der Waals surface area contributed by atoms with Gasteiger partial charge in [0.15, 0.2) is 0 Å². The maximum atomic E-state index is 13.8. The van der Waals surface area contributed by atoms with Gasteiger partial charge in [-0.1, -0.05) is 43.5 Å². The van der Waals surface area contributed by atoms with Crippen molar-refractivity contribution in [1.29, 1.82) is 0 Å². The summed E-state index contributed by atoms with van der Waals surface area (Å²) in [6, 6.07) is 14.6. The number of halogens is 1. The Morgan fingerprint density at radius 3 is 2.48 bits per heavy atom. The van der Waals surface area contributed by atoms with E-state index in [-0.39, 0.29) is 17.1 Å². The van der Waals surface area contributed by atoms with Crippen molar-refractivity contribution in [3.63, 3.8) is 0 Å². The van der Waals surface area contributed by atoms with Crippen LogP contribution in [0.25, 0.3) is 11.0 Å². The molecule has 3 aromatic rings. The van der Waals surface area contributed by atoms with E-state index < -0.39 is 10.0 Å². The average molecular weight is 471 g/mol. The molecular formula is C25H31FN4O2S. The molecule has 2 aliphatic rings. The molecule has 1 N–H and O–H groups in total. The fourth-order valence-corrected chi connectivity index (χ4v) is 7.03. The number of benzene rings is 2. The van der Waals surface area contributed by atoms with Crippen molar-refractivity contribution < 1.29 is 12.8 Å². The topological polar surface area (TPSA) is 67.2 Å². The number of hydrogen-bond acceptors (Lipinski definition) is 4. The molecular weight excluding hydrogens is 439 g/mol. The number of sulfonamides is 1. The Labute approximate surface area is 194 Å². The first-order valence-corrected chi connectivity index (χ1v) is 13.5. The number of hydrogen-bond donors (Lipinski definition) is 1. The van der Waals surface area contributed by atoms with Crippen LogP contribution in [-0.2, 0) is 16.6 Å². The van der Waals surface area contributed by atoms with Gasteiger partial charge in [-0.05, 0) is 55.5 Å². The van der Waals surface area contributed by atoms with Gasteiger partial charge >= 0.3 is 0 Å². The molecule has 0 atom stereocenters. The van der Waals surface area contributed by atoms with Crippen molar-refractivity contribution in [1.82, 2.24) is 14.3 Å². The Bertz CT molecular complexity index is 1210. The molecule has 6 nitrogen and oxygen atoms in total. The summed E-state index contributed by atoms with van der Waals surface area (Å²) in [5.41, 5.74) is 2.80. The summed E-state index contributed by atoms with van der Waals surface area (Å²) < 4.78 is 44.6. The van der Waals surface area contributed by atoms with Crippen LogP contribution in [0, 0.1) is 5.82 Å². The maximum absolute atomic E-state index is 13.8. The van der Waals surface area contributed by atoms with Gasteiger partial charge in [0.1, 0.15) is 5.82 Å². The number of anilines is 1. The summed E-state index contributed by atoms with van der Waals surface area (Å²) >= 11 is 0. The van der Waals surface area contributed by atoms with Gasteiger partial charge < -0.3 is 9.47 Å². The van der Waals surface area contributed by atoms with Crippen LogP contribution >= 0.6 is 0 Å². The van der Waals surface area contributed by atoms with Crippen LogP contribution in [0.2, 0.25) is 0 Å². The maximum Gasteiger partial charge on any atom is 0.214 e. The van der Waals surface area contributed by atoms with E-state index in [4.69, 9.17) is 4.98 Å². The molecule has 0 radical (unpaired) electrons. The van der Waals surface area contributed by atoms with E-state index in [1.807, 2.05) is 30.3 Å². The third-order valence-corrected chi connectivity index (χ3v) is 8.97. The molecule has 1 saturated heterocycles. The molecule has 8 heteroatoms. The van der Waals surface area contributed by atoms with E-state index in [2.05, 4.69) is 14.2 Å². The second kappa shape index (κ2) is 9.43. The number of nitrogens with one attached hydrogen (secondary N) is 1. The fourth-order valence-electron chi connectivity index (χ4n) is 5.18. The Balaban J connectivity index is 1.32. The first-order valence-electron chi connectivity index (χ1n) is 12.0. The van der Waals surface area contributed by atoms with Crippen molar-refractivity contribution in [2.24, 2.45) is 0 Å². The van der Waals surface area contributed by atoms with E-state index in [0.29, 0.717) is 6.54 Å². The summed E-state index contributed by atoms with van der Waals surface area (Å²) in [6.45, 7) is 1.98. The summed E-state index contributed by atoms with van der Waals surface area (Å²) in [7, 11) is -3.26. The highest BCUT2D eigenvalue weighted by molar-refractivity contribution is 7.90. The highest BCUT2D eigenvalue weighted by Gasteiger charge is 2.31. The molecule has 2 fully saturated rings. The highest BCUT2D eigenvalue weighted by atomic mass is 32.2. The predicted molar refractivity (Wildman–Crippen MR) is 129 cm³/mol. The molecule has 2 aromatic carbocycles. The third kappa shape index (κ3) is 4.92. The number of aromatic nitrogens is 2. The van der Waals surface area contributed by atoms with Gasteiger partial charge in [0.2, 0.25) is 16.0 Å². The molecule has 5 rings (SSSR count). The number of imidazole rings is 1. The lowest BCUT2D eigenvalue weighted by molar-refractivity contribution is 0.436. The largest absolute Gasteiger partial charge is 0.342 e. The summed E-state index contributed by atoms with van der Waals surface area (Å²) in [5, 5.41) is -0.236. The molecule has 0 spiro atoms. The van der Waals surface area contributed by atoms with Crippen molar-refractivity contribution in [3.8, 4) is 0 Å². The molecule has 0 unspecified atom stereocenters. The second-order valence-corrected chi connectivity index (χ2v) is 11.3. The molecule has 176 valence electrons. The Morgan fingerprint density at radius 2 is 1.73 bits per heavy atom. The van der Waals surface area contributed by atoms with Crippen LogP contribution in [-0.4, -0.2) is 42.4 Å². The SMILES string of the molecule is O=S(=O)(NC1CCN(c2nc3ccccc3n2Cc2cccc(F)c2)CC1)C1CCCCC1. The molecule has 1 aromatic heterocycles. The number of rotatable bonds is 6. The Kier molecular flexibility index (Phi) is 6.38. The lowest BCUT2D eigenvalue weighted by atomic mass is 10.0. The van der Waals surface area contributed by atoms with Crippen molar-refractivity contribution in [2.45, 2.75) is 62.8 Å².